The zero-order valence-corrected chi connectivity index (χ0v) is 12.1. The van der Waals surface area contributed by atoms with Crippen molar-refractivity contribution in [1.82, 2.24) is 0 Å². The summed E-state index contributed by atoms with van der Waals surface area (Å²) in [4.78, 5) is 12.4. The van der Waals surface area contributed by atoms with Crippen LogP contribution in [0.4, 0.5) is 5.69 Å². The van der Waals surface area contributed by atoms with Gasteiger partial charge < -0.3 is 11.1 Å². The molecule has 2 bridgehead atoms. The summed E-state index contributed by atoms with van der Waals surface area (Å²) in [7, 11) is 0. The first-order valence-electron chi connectivity index (χ1n) is 7.84. The maximum atomic E-state index is 12.4. The minimum absolute atomic E-state index is 0.0177. The van der Waals surface area contributed by atoms with E-state index in [-0.39, 0.29) is 17.9 Å². The predicted octanol–water partition coefficient (Wildman–Crippen LogP) is 2.95. The van der Waals surface area contributed by atoms with E-state index in [4.69, 9.17) is 5.73 Å². The molecular formula is C17H24N2O. The van der Waals surface area contributed by atoms with Gasteiger partial charge in [0.25, 0.3) is 0 Å². The second-order valence-electron chi connectivity index (χ2n) is 6.37. The fourth-order valence-corrected chi connectivity index (χ4v) is 3.99. The van der Waals surface area contributed by atoms with Gasteiger partial charge in [-0.15, -0.1) is 0 Å². The molecule has 0 saturated heterocycles. The number of amides is 1. The van der Waals surface area contributed by atoms with Gasteiger partial charge >= 0.3 is 0 Å². The Hall–Kier alpha value is -1.35. The summed E-state index contributed by atoms with van der Waals surface area (Å²) in [6.07, 6.45) is 5.76. The number of nitrogens with one attached hydrogen (secondary N) is 1. The third-order valence-electron chi connectivity index (χ3n) is 5.04. The highest BCUT2D eigenvalue weighted by molar-refractivity contribution is 5.93. The first kappa shape index (κ1) is 13.6. The number of nitrogens with two attached hydrogens (primary N) is 1. The van der Waals surface area contributed by atoms with Gasteiger partial charge in [0, 0.05) is 11.7 Å². The SMILES string of the molecule is CCCc1ccc(NC(=O)C2C3CCC(C3)C2N)cc1. The topological polar surface area (TPSA) is 55.1 Å². The molecular weight excluding hydrogens is 248 g/mol. The van der Waals surface area contributed by atoms with Gasteiger partial charge in [-0.25, -0.2) is 0 Å². The van der Waals surface area contributed by atoms with Crippen LogP contribution in [-0.4, -0.2) is 11.9 Å². The molecule has 0 heterocycles. The van der Waals surface area contributed by atoms with Crippen molar-refractivity contribution in [3.63, 3.8) is 0 Å². The van der Waals surface area contributed by atoms with Crippen LogP contribution >= 0.6 is 0 Å². The Kier molecular flexibility index (Phi) is 3.79. The largest absolute Gasteiger partial charge is 0.327 e. The molecule has 2 aliphatic rings. The Balaban J connectivity index is 1.64. The molecule has 2 saturated carbocycles. The predicted molar refractivity (Wildman–Crippen MR) is 81.4 cm³/mol. The highest BCUT2D eigenvalue weighted by atomic mass is 16.2. The van der Waals surface area contributed by atoms with Crippen LogP contribution in [0.3, 0.4) is 0 Å². The fraction of sp³-hybridized carbons (Fsp3) is 0.588. The van der Waals surface area contributed by atoms with Crippen LogP contribution in [0, 0.1) is 17.8 Å². The molecule has 3 N–H and O–H groups in total. The van der Waals surface area contributed by atoms with Gasteiger partial charge in [-0.05, 0) is 55.2 Å². The number of benzene rings is 1. The Morgan fingerprint density at radius 1 is 1.25 bits per heavy atom. The lowest BCUT2D eigenvalue weighted by molar-refractivity contribution is -0.121. The molecule has 0 aliphatic heterocycles. The number of anilines is 1. The van der Waals surface area contributed by atoms with Crippen LogP contribution in [0.1, 0.15) is 38.2 Å². The van der Waals surface area contributed by atoms with E-state index < -0.39 is 0 Å². The van der Waals surface area contributed by atoms with Gasteiger partial charge in [0.1, 0.15) is 0 Å². The number of rotatable bonds is 4. The van der Waals surface area contributed by atoms with Crippen molar-refractivity contribution in [2.24, 2.45) is 23.5 Å². The van der Waals surface area contributed by atoms with Crippen molar-refractivity contribution in [1.29, 1.82) is 0 Å². The smallest absolute Gasteiger partial charge is 0.229 e. The number of hydrogen-bond acceptors (Lipinski definition) is 2. The van der Waals surface area contributed by atoms with Gasteiger partial charge in [-0.2, -0.15) is 0 Å². The minimum Gasteiger partial charge on any atom is -0.327 e. The van der Waals surface area contributed by atoms with E-state index >= 15 is 0 Å². The Morgan fingerprint density at radius 3 is 2.55 bits per heavy atom. The molecule has 2 fully saturated rings. The monoisotopic (exact) mass is 272 g/mol. The lowest BCUT2D eigenvalue weighted by Crippen LogP contribution is -2.42. The van der Waals surface area contributed by atoms with Gasteiger partial charge in [0.15, 0.2) is 0 Å². The fourth-order valence-electron chi connectivity index (χ4n) is 3.99. The summed E-state index contributed by atoms with van der Waals surface area (Å²) in [6, 6.07) is 8.26. The number of carbonyl (C=O) groups is 1. The standard InChI is InChI=1S/C17H24N2O/c1-2-3-11-4-8-14(9-5-11)19-17(20)15-12-6-7-13(10-12)16(15)18/h4-5,8-9,12-13,15-16H,2-3,6-7,10,18H2,1H3,(H,19,20). The van der Waals surface area contributed by atoms with Gasteiger partial charge in [0.05, 0.1) is 5.92 Å². The summed E-state index contributed by atoms with van der Waals surface area (Å²) >= 11 is 0. The molecule has 0 radical (unpaired) electrons. The Bertz CT molecular complexity index is 480. The van der Waals surface area contributed by atoms with E-state index in [1.54, 1.807) is 0 Å². The van der Waals surface area contributed by atoms with Crippen LogP contribution in [0.15, 0.2) is 24.3 Å². The molecule has 20 heavy (non-hydrogen) atoms. The summed E-state index contributed by atoms with van der Waals surface area (Å²) in [5.74, 6) is 1.22. The summed E-state index contributed by atoms with van der Waals surface area (Å²) in [5, 5.41) is 3.05. The number of fused-ring (bicyclic) bond motifs is 2. The highest BCUT2D eigenvalue weighted by Crippen LogP contribution is 2.47. The normalized spacial score (nSPS) is 31.5. The lowest BCUT2D eigenvalue weighted by Gasteiger charge is -2.27. The molecule has 4 unspecified atom stereocenters. The number of carbonyl (C=O) groups excluding carboxylic acids is 1. The van der Waals surface area contributed by atoms with E-state index in [0.717, 1.165) is 24.9 Å². The van der Waals surface area contributed by atoms with Gasteiger partial charge in [-0.1, -0.05) is 25.5 Å². The third kappa shape index (κ3) is 2.47. The Morgan fingerprint density at radius 2 is 1.95 bits per heavy atom. The molecule has 1 aromatic carbocycles. The number of aryl methyl sites for hydroxylation is 1. The summed E-state index contributed by atoms with van der Waals surface area (Å²) < 4.78 is 0. The minimum atomic E-state index is 0.0177. The quantitative estimate of drug-likeness (QED) is 0.885. The maximum Gasteiger partial charge on any atom is 0.229 e. The van der Waals surface area contributed by atoms with Crippen molar-refractivity contribution in [3.05, 3.63) is 29.8 Å². The van der Waals surface area contributed by atoms with Crippen molar-refractivity contribution >= 4 is 11.6 Å². The second-order valence-corrected chi connectivity index (χ2v) is 6.37. The average Bonchev–Trinajstić information content (AvgIpc) is 3.02. The summed E-state index contributed by atoms with van der Waals surface area (Å²) in [6.45, 7) is 2.17. The molecule has 3 nitrogen and oxygen atoms in total. The molecule has 0 spiro atoms. The second kappa shape index (κ2) is 5.57. The first-order valence-corrected chi connectivity index (χ1v) is 7.84. The molecule has 4 atom stereocenters. The lowest BCUT2D eigenvalue weighted by atomic mass is 9.84. The van der Waals surface area contributed by atoms with Gasteiger partial charge in [-0.3, -0.25) is 4.79 Å². The van der Waals surface area contributed by atoms with Crippen molar-refractivity contribution in [3.8, 4) is 0 Å². The molecule has 0 aromatic heterocycles. The molecule has 3 rings (SSSR count). The van der Waals surface area contributed by atoms with Gasteiger partial charge in [0.2, 0.25) is 5.91 Å². The van der Waals surface area contributed by atoms with E-state index in [1.165, 1.54) is 18.4 Å². The highest BCUT2D eigenvalue weighted by Gasteiger charge is 2.49. The van der Waals surface area contributed by atoms with Crippen molar-refractivity contribution in [2.75, 3.05) is 5.32 Å². The molecule has 1 amide bonds. The first-order chi connectivity index (χ1) is 9.69. The van der Waals surface area contributed by atoms with Crippen LogP contribution in [-0.2, 0) is 11.2 Å². The number of hydrogen-bond donors (Lipinski definition) is 2. The van der Waals surface area contributed by atoms with E-state index in [2.05, 4.69) is 24.4 Å². The molecule has 108 valence electrons. The van der Waals surface area contributed by atoms with Crippen LogP contribution in [0.5, 0.6) is 0 Å². The average molecular weight is 272 g/mol. The molecule has 2 aliphatic carbocycles. The summed E-state index contributed by atoms with van der Waals surface area (Å²) in [5.41, 5.74) is 8.44. The van der Waals surface area contributed by atoms with Crippen LogP contribution in [0.25, 0.3) is 0 Å². The third-order valence-corrected chi connectivity index (χ3v) is 5.04. The maximum absolute atomic E-state index is 12.4. The van der Waals surface area contributed by atoms with Crippen LogP contribution < -0.4 is 11.1 Å². The zero-order valence-electron chi connectivity index (χ0n) is 12.1. The van der Waals surface area contributed by atoms with E-state index in [1.807, 2.05) is 12.1 Å². The zero-order chi connectivity index (χ0) is 14.1. The van der Waals surface area contributed by atoms with Crippen LogP contribution in [0.2, 0.25) is 0 Å². The van der Waals surface area contributed by atoms with E-state index in [0.29, 0.717) is 11.8 Å². The van der Waals surface area contributed by atoms with E-state index in [9.17, 15) is 4.79 Å². The Labute approximate surface area is 120 Å². The van der Waals surface area contributed by atoms with Crippen molar-refractivity contribution in [2.45, 2.75) is 45.1 Å². The molecule has 3 heteroatoms. The molecule has 1 aromatic rings. The van der Waals surface area contributed by atoms with Crippen molar-refractivity contribution < 1.29 is 4.79 Å².